The zero-order chi connectivity index (χ0) is 20.3. The molecule has 4 nitrogen and oxygen atoms in total. The third-order valence-corrected chi connectivity index (χ3v) is 7.63. The summed E-state index contributed by atoms with van der Waals surface area (Å²) < 4.78 is 26.1. The molecule has 1 unspecified atom stereocenters. The molecule has 0 spiro atoms. The van der Waals surface area contributed by atoms with E-state index in [9.17, 15) is 8.42 Å². The quantitative estimate of drug-likeness (QED) is 0.662. The van der Waals surface area contributed by atoms with Crippen molar-refractivity contribution in [2.75, 3.05) is 31.1 Å². The highest BCUT2D eigenvalue weighted by atomic mass is 32.2. The van der Waals surface area contributed by atoms with Crippen molar-refractivity contribution in [2.24, 2.45) is 0 Å². The molecular formula is C23H32N2O2S. The maximum atomic E-state index is 13.0. The molecule has 0 aliphatic carbocycles. The summed E-state index contributed by atoms with van der Waals surface area (Å²) in [5.74, 6) is 0. The highest BCUT2D eigenvalue weighted by molar-refractivity contribution is 7.91. The van der Waals surface area contributed by atoms with Crippen molar-refractivity contribution in [1.82, 2.24) is 4.90 Å². The van der Waals surface area contributed by atoms with Gasteiger partial charge >= 0.3 is 0 Å². The SMILES string of the molecule is CCN(CC)CCC(C)N1CCc2cc(S(=O)(=O)c3cccc(C)c3)ccc21. The van der Waals surface area contributed by atoms with Gasteiger partial charge in [0.2, 0.25) is 9.84 Å². The van der Waals surface area contributed by atoms with Crippen LogP contribution in [0.25, 0.3) is 0 Å². The average Bonchev–Trinajstić information content (AvgIpc) is 3.12. The fraction of sp³-hybridized carbons (Fsp3) is 0.478. The van der Waals surface area contributed by atoms with Gasteiger partial charge in [0, 0.05) is 24.8 Å². The predicted octanol–water partition coefficient (Wildman–Crippen LogP) is 4.31. The molecule has 28 heavy (non-hydrogen) atoms. The number of benzene rings is 2. The van der Waals surface area contributed by atoms with E-state index in [0.29, 0.717) is 15.8 Å². The Morgan fingerprint density at radius 1 is 1.07 bits per heavy atom. The van der Waals surface area contributed by atoms with E-state index < -0.39 is 9.84 Å². The van der Waals surface area contributed by atoms with Crippen molar-refractivity contribution >= 4 is 15.5 Å². The molecule has 152 valence electrons. The van der Waals surface area contributed by atoms with Crippen molar-refractivity contribution in [3.8, 4) is 0 Å². The number of aryl methyl sites for hydroxylation is 1. The van der Waals surface area contributed by atoms with E-state index in [4.69, 9.17) is 0 Å². The second kappa shape index (κ2) is 8.66. The molecule has 1 atom stereocenters. The van der Waals surface area contributed by atoms with Crippen LogP contribution in [-0.4, -0.2) is 45.5 Å². The van der Waals surface area contributed by atoms with Gasteiger partial charge in [0.15, 0.2) is 0 Å². The zero-order valence-corrected chi connectivity index (χ0v) is 18.3. The molecule has 2 aromatic carbocycles. The summed E-state index contributed by atoms with van der Waals surface area (Å²) in [7, 11) is -3.47. The third-order valence-electron chi connectivity index (χ3n) is 5.88. The first-order chi connectivity index (χ1) is 13.4. The zero-order valence-electron chi connectivity index (χ0n) is 17.5. The van der Waals surface area contributed by atoms with Crippen molar-refractivity contribution in [3.05, 3.63) is 53.6 Å². The van der Waals surface area contributed by atoms with Crippen LogP contribution in [0.2, 0.25) is 0 Å². The first-order valence-corrected chi connectivity index (χ1v) is 11.8. The van der Waals surface area contributed by atoms with E-state index in [2.05, 4.69) is 30.6 Å². The minimum Gasteiger partial charge on any atom is -0.368 e. The Labute approximate surface area is 170 Å². The molecule has 0 saturated heterocycles. The summed E-state index contributed by atoms with van der Waals surface area (Å²) in [4.78, 5) is 5.65. The van der Waals surface area contributed by atoms with Gasteiger partial charge in [0.05, 0.1) is 9.79 Å². The Morgan fingerprint density at radius 3 is 2.46 bits per heavy atom. The number of anilines is 1. The molecule has 0 radical (unpaired) electrons. The number of hydrogen-bond donors (Lipinski definition) is 0. The van der Waals surface area contributed by atoms with E-state index in [-0.39, 0.29) is 0 Å². The van der Waals surface area contributed by atoms with Crippen LogP contribution >= 0.6 is 0 Å². The number of fused-ring (bicyclic) bond motifs is 1. The molecule has 1 aliphatic heterocycles. The number of rotatable bonds is 8. The maximum Gasteiger partial charge on any atom is 0.206 e. The minimum absolute atomic E-state index is 0.370. The summed E-state index contributed by atoms with van der Waals surface area (Å²) in [6.07, 6.45) is 2.02. The van der Waals surface area contributed by atoms with Gasteiger partial charge in [0.25, 0.3) is 0 Å². The lowest BCUT2D eigenvalue weighted by Crippen LogP contribution is -2.35. The fourth-order valence-corrected chi connectivity index (χ4v) is 5.43. The lowest BCUT2D eigenvalue weighted by molar-refractivity contribution is 0.290. The van der Waals surface area contributed by atoms with Crippen molar-refractivity contribution in [3.63, 3.8) is 0 Å². The van der Waals surface area contributed by atoms with Gasteiger partial charge < -0.3 is 9.80 Å². The molecule has 0 aromatic heterocycles. The van der Waals surface area contributed by atoms with Gasteiger partial charge in [0.1, 0.15) is 0 Å². The fourth-order valence-electron chi connectivity index (χ4n) is 4.01. The summed E-state index contributed by atoms with van der Waals surface area (Å²) in [6.45, 7) is 12.8. The van der Waals surface area contributed by atoms with E-state index >= 15 is 0 Å². The molecule has 0 N–H and O–H groups in total. The van der Waals surface area contributed by atoms with E-state index in [0.717, 1.165) is 50.1 Å². The molecule has 0 amide bonds. The van der Waals surface area contributed by atoms with Crippen LogP contribution in [-0.2, 0) is 16.3 Å². The molecule has 0 bridgehead atoms. The van der Waals surface area contributed by atoms with Crippen LogP contribution in [0.15, 0.2) is 52.3 Å². The van der Waals surface area contributed by atoms with Gasteiger partial charge in [-0.15, -0.1) is 0 Å². The standard InChI is InChI=1S/C23H32N2O2S/c1-5-24(6-2)14-12-19(4)25-15-13-20-17-22(10-11-23(20)25)28(26,27)21-9-7-8-18(3)16-21/h7-11,16-17,19H,5-6,12-15H2,1-4H3. The van der Waals surface area contributed by atoms with E-state index in [1.807, 2.05) is 25.1 Å². The third kappa shape index (κ3) is 4.26. The van der Waals surface area contributed by atoms with Gasteiger partial charge in [-0.3, -0.25) is 0 Å². The van der Waals surface area contributed by atoms with E-state index in [1.165, 1.54) is 5.69 Å². The normalized spacial score (nSPS) is 15.1. The predicted molar refractivity (Wildman–Crippen MR) is 116 cm³/mol. The van der Waals surface area contributed by atoms with Crippen LogP contribution in [0.3, 0.4) is 0 Å². The number of hydrogen-bond acceptors (Lipinski definition) is 4. The Morgan fingerprint density at radius 2 is 1.79 bits per heavy atom. The van der Waals surface area contributed by atoms with Crippen molar-refractivity contribution < 1.29 is 8.42 Å². The van der Waals surface area contributed by atoms with Gasteiger partial charge in [-0.2, -0.15) is 0 Å². The Hall–Kier alpha value is -1.85. The summed E-state index contributed by atoms with van der Waals surface area (Å²) in [5.41, 5.74) is 3.29. The molecule has 1 heterocycles. The lowest BCUT2D eigenvalue weighted by Gasteiger charge is -2.29. The topological polar surface area (TPSA) is 40.6 Å². The second-order valence-corrected chi connectivity index (χ2v) is 9.67. The van der Waals surface area contributed by atoms with Crippen molar-refractivity contribution in [1.29, 1.82) is 0 Å². The molecule has 0 fully saturated rings. The smallest absolute Gasteiger partial charge is 0.206 e. The first kappa shape index (κ1) is 20.9. The summed E-state index contributed by atoms with van der Waals surface area (Å²) in [6, 6.07) is 13.2. The van der Waals surface area contributed by atoms with Crippen LogP contribution in [0, 0.1) is 6.92 Å². The molecule has 0 saturated carbocycles. The largest absolute Gasteiger partial charge is 0.368 e. The summed E-state index contributed by atoms with van der Waals surface area (Å²) in [5, 5.41) is 0. The molecule has 3 rings (SSSR count). The van der Waals surface area contributed by atoms with Crippen LogP contribution in [0.4, 0.5) is 5.69 Å². The van der Waals surface area contributed by atoms with Crippen LogP contribution in [0.1, 0.15) is 38.3 Å². The molecule has 5 heteroatoms. The van der Waals surface area contributed by atoms with Crippen molar-refractivity contribution in [2.45, 2.75) is 56.4 Å². The molecule has 2 aromatic rings. The van der Waals surface area contributed by atoms with Gasteiger partial charge in [-0.25, -0.2) is 8.42 Å². The Bertz CT molecular complexity index is 920. The van der Waals surface area contributed by atoms with E-state index in [1.54, 1.807) is 24.3 Å². The molecular weight excluding hydrogens is 368 g/mol. The maximum absolute atomic E-state index is 13.0. The first-order valence-electron chi connectivity index (χ1n) is 10.3. The minimum atomic E-state index is -3.47. The van der Waals surface area contributed by atoms with Gasteiger partial charge in [-0.1, -0.05) is 26.0 Å². The summed E-state index contributed by atoms with van der Waals surface area (Å²) >= 11 is 0. The Balaban J connectivity index is 1.79. The number of sulfone groups is 1. The van der Waals surface area contributed by atoms with Crippen LogP contribution in [0.5, 0.6) is 0 Å². The highest BCUT2D eigenvalue weighted by Gasteiger charge is 2.26. The van der Waals surface area contributed by atoms with Gasteiger partial charge in [-0.05, 0) is 81.2 Å². The second-order valence-electron chi connectivity index (χ2n) is 7.72. The number of nitrogens with zero attached hydrogens (tertiary/aromatic N) is 2. The lowest BCUT2D eigenvalue weighted by atomic mass is 10.1. The van der Waals surface area contributed by atoms with Crippen LogP contribution < -0.4 is 4.90 Å². The Kier molecular flexibility index (Phi) is 6.46. The average molecular weight is 401 g/mol. The monoisotopic (exact) mass is 400 g/mol. The molecule has 1 aliphatic rings. The highest BCUT2D eigenvalue weighted by Crippen LogP contribution is 2.34.